The van der Waals surface area contributed by atoms with E-state index >= 15 is 0 Å². The average molecular weight is 261 g/mol. The molecule has 1 aromatic heterocycles. The van der Waals surface area contributed by atoms with Crippen LogP contribution in [0, 0.1) is 5.82 Å². The molecule has 2 heterocycles. The number of piperazine rings is 1. The highest BCUT2D eigenvalue weighted by molar-refractivity contribution is 5.81. The lowest BCUT2D eigenvalue weighted by Gasteiger charge is -2.32. The molecule has 1 saturated heterocycles. The van der Waals surface area contributed by atoms with Gasteiger partial charge < -0.3 is 9.47 Å². The van der Waals surface area contributed by atoms with E-state index < -0.39 is 0 Å². The summed E-state index contributed by atoms with van der Waals surface area (Å²) in [6.07, 6.45) is 0. The van der Waals surface area contributed by atoms with E-state index in [1.807, 2.05) is 19.2 Å². The summed E-state index contributed by atoms with van der Waals surface area (Å²) in [5.74, 6) is -0.127. The van der Waals surface area contributed by atoms with Gasteiger partial charge in [0, 0.05) is 50.9 Å². The minimum Gasteiger partial charge on any atom is -0.346 e. The van der Waals surface area contributed by atoms with Gasteiger partial charge in [0.2, 0.25) is 0 Å². The van der Waals surface area contributed by atoms with Crippen LogP contribution >= 0.6 is 0 Å². The predicted octanol–water partition coefficient (Wildman–Crippen LogP) is 2.06. The molecule has 0 atom stereocenters. The lowest BCUT2D eigenvalue weighted by molar-refractivity contribution is 0.146. The molecule has 0 aliphatic carbocycles. The van der Waals surface area contributed by atoms with Crippen LogP contribution in [0.1, 0.15) is 5.69 Å². The number of nitrogens with zero attached hydrogens (tertiary/aromatic N) is 3. The van der Waals surface area contributed by atoms with Gasteiger partial charge in [0.15, 0.2) is 0 Å². The number of benzene rings is 1. The Kier molecular flexibility index (Phi) is 3.29. The second-order valence-electron chi connectivity index (χ2n) is 5.45. The molecule has 1 aliphatic rings. The molecule has 0 N–H and O–H groups in total. The van der Waals surface area contributed by atoms with Crippen LogP contribution < -0.4 is 0 Å². The summed E-state index contributed by atoms with van der Waals surface area (Å²) >= 11 is 0. The van der Waals surface area contributed by atoms with Gasteiger partial charge in [0.25, 0.3) is 0 Å². The molecule has 1 aliphatic heterocycles. The number of aromatic nitrogens is 1. The van der Waals surface area contributed by atoms with Crippen molar-refractivity contribution in [3.05, 3.63) is 35.8 Å². The van der Waals surface area contributed by atoms with Crippen LogP contribution in [-0.4, -0.2) is 47.6 Å². The molecule has 3 nitrogen and oxygen atoms in total. The molecule has 3 rings (SSSR count). The summed E-state index contributed by atoms with van der Waals surface area (Å²) in [6.45, 7) is 5.29. The average Bonchev–Trinajstić information content (AvgIpc) is 2.72. The summed E-state index contributed by atoms with van der Waals surface area (Å²) in [6, 6.07) is 7.27. The third-order valence-electron chi connectivity index (χ3n) is 4.11. The number of fused-ring (bicyclic) bond motifs is 1. The van der Waals surface area contributed by atoms with Gasteiger partial charge in [0.1, 0.15) is 5.82 Å². The van der Waals surface area contributed by atoms with E-state index in [1.165, 1.54) is 11.8 Å². The fraction of sp³-hybridized carbons (Fsp3) is 0.467. The van der Waals surface area contributed by atoms with Gasteiger partial charge in [-0.15, -0.1) is 0 Å². The van der Waals surface area contributed by atoms with Crippen LogP contribution in [0.3, 0.4) is 0 Å². The second-order valence-corrected chi connectivity index (χ2v) is 5.45. The smallest absolute Gasteiger partial charge is 0.132 e. The molecule has 102 valence electrons. The van der Waals surface area contributed by atoms with Crippen molar-refractivity contribution in [3.8, 4) is 0 Å². The Bertz CT molecular complexity index is 582. The van der Waals surface area contributed by atoms with E-state index in [2.05, 4.69) is 21.4 Å². The SMILES string of the molecule is CN1CCN(Cc2cc3c(F)cccc3n2C)CC1. The van der Waals surface area contributed by atoms with Gasteiger partial charge in [-0.2, -0.15) is 0 Å². The molecule has 19 heavy (non-hydrogen) atoms. The third-order valence-corrected chi connectivity index (χ3v) is 4.11. The van der Waals surface area contributed by atoms with Gasteiger partial charge in [0.05, 0.1) is 5.52 Å². The molecule has 2 aromatic rings. The molecule has 0 unspecified atom stereocenters. The summed E-state index contributed by atoms with van der Waals surface area (Å²) in [7, 11) is 4.18. The van der Waals surface area contributed by atoms with Crippen molar-refractivity contribution in [1.29, 1.82) is 0 Å². The molecule has 0 radical (unpaired) electrons. The zero-order valence-electron chi connectivity index (χ0n) is 11.6. The largest absolute Gasteiger partial charge is 0.346 e. The Balaban J connectivity index is 1.85. The Morgan fingerprint density at radius 1 is 1.11 bits per heavy atom. The zero-order chi connectivity index (χ0) is 13.4. The van der Waals surface area contributed by atoms with Crippen molar-refractivity contribution in [2.75, 3.05) is 33.2 Å². The van der Waals surface area contributed by atoms with E-state index in [4.69, 9.17) is 0 Å². The van der Waals surface area contributed by atoms with E-state index in [0.29, 0.717) is 0 Å². The topological polar surface area (TPSA) is 11.4 Å². The molecule has 1 aromatic carbocycles. The summed E-state index contributed by atoms with van der Waals surface area (Å²) in [5, 5.41) is 0.731. The minimum absolute atomic E-state index is 0.127. The first-order valence-electron chi connectivity index (χ1n) is 6.79. The second kappa shape index (κ2) is 4.94. The summed E-state index contributed by atoms with van der Waals surface area (Å²) in [4.78, 5) is 4.78. The fourth-order valence-electron chi connectivity index (χ4n) is 2.77. The highest BCUT2D eigenvalue weighted by Crippen LogP contribution is 2.22. The fourth-order valence-corrected chi connectivity index (χ4v) is 2.77. The van der Waals surface area contributed by atoms with Crippen LogP contribution in [-0.2, 0) is 13.6 Å². The van der Waals surface area contributed by atoms with E-state index in [1.54, 1.807) is 6.07 Å². The minimum atomic E-state index is -0.127. The Labute approximate surface area is 113 Å². The highest BCUT2D eigenvalue weighted by Gasteiger charge is 2.16. The van der Waals surface area contributed by atoms with E-state index in [0.717, 1.165) is 43.6 Å². The quantitative estimate of drug-likeness (QED) is 0.820. The normalized spacial score (nSPS) is 18.3. The van der Waals surface area contributed by atoms with Crippen LogP contribution in [0.15, 0.2) is 24.3 Å². The van der Waals surface area contributed by atoms with Crippen molar-refractivity contribution < 1.29 is 4.39 Å². The van der Waals surface area contributed by atoms with Crippen LogP contribution in [0.2, 0.25) is 0 Å². The maximum absolute atomic E-state index is 13.8. The maximum Gasteiger partial charge on any atom is 0.132 e. The first-order chi connectivity index (χ1) is 9.15. The summed E-state index contributed by atoms with van der Waals surface area (Å²) < 4.78 is 15.9. The first kappa shape index (κ1) is 12.6. The van der Waals surface area contributed by atoms with Gasteiger partial charge in [-0.1, -0.05) is 6.07 Å². The maximum atomic E-state index is 13.8. The van der Waals surface area contributed by atoms with Crippen LogP contribution in [0.5, 0.6) is 0 Å². The number of likely N-dealkylation sites (N-methyl/N-ethyl adjacent to an activating group) is 1. The van der Waals surface area contributed by atoms with Crippen LogP contribution in [0.25, 0.3) is 10.9 Å². The number of halogens is 1. The molecule has 0 saturated carbocycles. The third kappa shape index (κ3) is 2.38. The van der Waals surface area contributed by atoms with Crippen molar-refractivity contribution in [3.63, 3.8) is 0 Å². The van der Waals surface area contributed by atoms with Crippen molar-refractivity contribution in [2.24, 2.45) is 7.05 Å². The Morgan fingerprint density at radius 2 is 1.84 bits per heavy atom. The van der Waals surface area contributed by atoms with Gasteiger partial charge >= 0.3 is 0 Å². The number of hydrogen-bond acceptors (Lipinski definition) is 2. The monoisotopic (exact) mass is 261 g/mol. The molecule has 0 amide bonds. The number of hydrogen-bond donors (Lipinski definition) is 0. The number of aryl methyl sites for hydroxylation is 1. The van der Waals surface area contributed by atoms with E-state index in [9.17, 15) is 4.39 Å². The summed E-state index contributed by atoms with van der Waals surface area (Å²) in [5.41, 5.74) is 2.16. The van der Waals surface area contributed by atoms with Crippen molar-refractivity contribution >= 4 is 10.9 Å². The molecule has 1 fully saturated rings. The lowest BCUT2D eigenvalue weighted by Crippen LogP contribution is -2.44. The molecule has 0 bridgehead atoms. The Hall–Kier alpha value is -1.39. The van der Waals surface area contributed by atoms with Gasteiger partial charge in [-0.25, -0.2) is 4.39 Å². The molecular formula is C15H20FN3. The lowest BCUT2D eigenvalue weighted by atomic mass is 10.2. The Morgan fingerprint density at radius 3 is 2.53 bits per heavy atom. The van der Waals surface area contributed by atoms with E-state index in [-0.39, 0.29) is 5.82 Å². The zero-order valence-corrected chi connectivity index (χ0v) is 11.6. The van der Waals surface area contributed by atoms with Crippen molar-refractivity contribution in [1.82, 2.24) is 14.4 Å². The first-order valence-corrected chi connectivity index (χ1v) is 6.79. The number of rotatable bonds is 2. The highest BCUT2D eigenvalue weighted by atomic mass is 19.1. The van der Waals surface area contributed by atoms with Crippen LogP contribution in [0.4, 0.5) is 4.39 Å². The van der Waals surface area contributed by atoms with Gasteiger partial charge in [-0.3, -0.25) is 4.90 Å². The predicted molar refractivity (Wildman–Crippen MR) is 75.7 cm³/mol. The molecule has 4 heteroatoms. The molecule has 0 spiro atoms. The standard InChI is InChI=1S/C15H20FN3/c1-17-6-8-19(9-7-17)11-12-10-13-14(16)4-3-5-15(13)18(12)2/h3-5,10H,6-9,11H2,1-2H3. The van der Waals surface area contributed by atoms with Crippen molar-refractivity contribution in [2.45, 2.75) is 6.54 Å². The molecular weight excluding hydrogens is 241 g/mol. The van der Waals surface area contributed by atoms with Gasteiger partial charge in [-0.05, 0) is 25.2 Å².